The van der Waals surface area contributed by atoms with E-state index in [0.717, 1.165) is 38.8 Å². The molecule has 1 amide bonds. The van der Waals surface area contributed by atoms with Gasteiger partial charge in [0.05, 0.1) is 5.92 Å². The Hall–Kier alpha value is -1.06. The molecule has 2 N–H and O–H groups in total. The highest BCUT2D eigenvalue weighted by Crippen LogP contribution is 2.25. The van der Waals surface area contributed by atoms with E-state index in [1.54, 1.807) is 0 Å². The summed E-state index contributed by atoms with van der Waals surface area (Å²) in [5.74, 6) is 0.305. The molecule has 0 saturated heterocycles. The van der Waals surface area contributed by atoms with E-state index in [4.69, 9.17) is 5.73 Å². The van der Waals surface area contributed by atoms with E-state index in [1.165, 1.54) is 5.56 Å². The highest BCUT2D eigenvalue weighted by Gasteiger charge is 2.32. The summed E-state index contributed by atoms with van der Waals surface area (Å²) in [5, 5.41) is 0. The first kappa shape index (κ1) is 17.0. The van der Waals surface area contributed by atoms with Crippen LogP contribution in [0.5, 0.6) is 0 Å². The minimum atomic E-state index is 0. The zero-order chi connectivity index (χ0) is 13.7. The van der Waals surface area contributed by atoms with Gasteiger partial charge in [0, 0.05) is 19.1 Å². The smallest absolute Gasteiger partial charge is 0.227 e. The highest BCUT2D eigenvalue weighted by atomic mass is 35.5. The number of nitrogens with two attached hydrogens (primary N) is 1. The summed E-state index contributed by atoms with van der Waals surface area (Å²) in [6, 6.07) is 10.4. The Morgan fingerprint density at radius 1 is 1.30 bits per heavy atom. The monoisotopic (exact) mass is 296 g/mol. The van der Waals surface area contributed by atoms with E-state index in [1.807, 2.05) is 30.0 Å². The van der Waals surface area contributed by atoms with Crippen molar-refractivity contribution in [1.29, 1.82) is 0 Å². The van der Waals surface area contributed by atoms with Gasteiger partial charge in [-0.05, 0) is 31.7 Å². The highest BCUT2D eigenvalue weighted by molar-refractivity contribution is 5.85. The van der Waals surface area contributed by atoms with Crippen LogP contribution >= 0.6 is 12.4 Å². The molecule has 0 spiro atoms. The largest absolute Gasteiger partial charge is 0.342 e. The SMILES string of the molecule is CCN(CCc1ccccc1)C(=O)C1CCCC1N.Cl. The Labute approximate surface area is 127 Å². The molecule has 112 valence electrons. The molecule has 20 heavy (non-hydrogen) atoms. The summed E-state index contributed by atoms with van der Waals surface area (Å²) in [6.07, 6.45) is 3.96. The third-order valence-electron chi connectivity index (χ3n) is 4.09. The number of nitrogens with zero attached hydrogens (tertiary/aromatic N) is 1. The minimum absolute atomic E-state index is 0. The van der Waals surface area contributed by atoms with Crippen LogP contribution in [0.3, 0.4) is 0 Å². The lowest BCUT2D eigenvalue weighted by Gasteiger charge is -2.26. The molecule has 2 unspecified atom stereocenters. The maximum atomic E-state index is 12.5. The topological polar surface area (TPSA) is 46.3 Å². The first-order valence-electron chi connectivity index (χ1n) is 7.30. The molecule has 0 aliphatic heterocycles. The first-order valence-corrected chi connectivity index (χ1v) is 7.30. The van der Waals surface area contributed by atoms with E-state index in [9.17, 15) is 4.79 Å². The van der Waals surface area contributed by atoms with E-state index in [0.29, 0.717) is 0 Å². The fourth-order valence-electron chi connectivity index (χ4n) is 2.86. The summed E-state index contributed by atoms with van der Waals surface area (Å²) in [5.41, 5.74) is 7.31. The van der Waals surface area contributed by atoms with Crippen molar-refractivity contribution in [1.82, 2.24) is 4.90 Å². The summed E-state index contributed by atoms with van der Waals surface area (Å²) < 4.78 is 0. The van der Waals surface area contributed by atoms with Crippen LogP contribution in [0.25, 0.3) is 0 Å². The van der Waals surface area contributed by atoms with Crippen molar-refractivity contribution in [3.05, 3.63) is 35.9 Å². The molecule has 4 heteroatoms. The van der Waals surface area contributed by atoms with Crippen LogP contribution in [0.15, 0.2) is 30.3 Å². The summed E-state index contributed by atoms with van der Waals surface area (Å²) in [7, 11) is 0. The van der Waals surface area contributed by atoms with Crippen molar-refractivity contribution in [3.63, 3.8) is 0 Å². The average molecular weight is 297 g/mol. The summed E-state index contributed by atoms with van der Waals surface area (Å²) in [6.45, 7) is 3.61. The van der Waals surface area contributed by atoms with E-state index < -0.39 is 0 Å². The van der Waals surface area contributed by atoms with Crippen molar-refractivity contribution in [3.8, 4) is 0 Å². The lowest BCUT2D eigenvalue weighted by Crippen LogP contribution is -2.42. The second-order valence-corrected chi connectivity index (χ2v) is 5.35. The van der Waals surface area contributed by atoms with Gasteiger partial charge in [-0.3, -0.25) is 4.79 Å². The fraction of sp³-hybridized carbons (Fsp3) is 0.562. The first-order chi connectivity index (χ1) is 9.22. The molecule has 0 radical (unpaired) electrons. The number of benzene rings is 1. The molecule has 3 nitrogen and oxygen atoms in total. The van der Waals surface area contributed by atoms with Crippen molar-refractivity contribution in [2.45, 2.75) is 38.6 Å². The van der Waals surface area contributed by atoms with Crippen LogP contribution in [-0.2, 0) is 11.2 Å². The van der Waals surface area contributed by atoms with Gasteiger partial charge in [0.25, 0.3) is 0 Å². The maximum Gasteiger partial charge on any atom is 0.227 e. The molecule has 1 aliphatic carbocycles. The van der Waals surface area contributed by atoms with Gasteiger partial charge >= 0.3 is 0 Å². The van der Waals surface area contributed by atoms with Crippen LogP contribution in [0.1, 0.15) is 31.7 Å². The van der Waals surface area contributed by atoms with Gasteiger partial charge < -0.3 is 10.6 Å². The Morgan fingerprint density at radius 2 is 2.00 bits per heavy atom. The molecule has 0 bridgehead atoms. The Bertz CT molecular complexity index is 410. The van der Waals surface area contributed by atoms with Gasteiger partial charge in [0.15, 0.2) is 0 Å². The van der Waals surface area contributed by atoms with Crippen molar-refractivity contribution >= 4 is 18.3 Å². The lowest BCUT2D eigenvalue weighted by molar-refractivity contribution is -0.135. The van der Waals surface area contributed by atoms with Crippen molar-refractivity contribution < 1.29 is 4.79 Å². The number of halogens is 1. The van der Waals surface area contributed by atoms with Gasteiger partial charge in [-0.15, -0.1) is 12.4 Å². The zero-order valence-electron chi connectivity index (χ0n) is 12.1. The third kappa shape index (κ3) is 4.22. The van der Waals surface area contributed by atoms with Crippen LogP contribution in [0.2, 0.25) is 0 Å². The van der Waals surface area contributed by atoms with Gasteiger partial charge in [-0.1, -0.05) is 36.8 Å². The predicted molar refractivity (Wildman–Crippen MR) is 85.0 cm³/mol. The summed E-state index contributed by atoms with van der Waals surface area (Å²) in [4.78, 5) is 14.4. The van der Waals surface area contributed by atoms with E-state index in [-0.39, 0.29) is 30.3 Å². The van der Waals surface area contributed by atoms with E-state index in [2.05, 4.69) is 12.1 Å². The Balaban J connectivity index is 0.00000200. The number of amides is 1. The molecule has 0 aromatic heterocycles. The Morgan fingerprint density at radius 3 is 2.55 bits per heavy atom. The van der Waals surface area contributed by atoms with Crippen LogP contribution in [0.4, 0.5) is 0 Å². The molecule has 1 aliphatic rings. The third-order valence-corrected chi connectivity index (χ3v) is 4.09. The molecule has 1 aromatic carbocycles. The molecular formula is C16H25ClN2O. The summed E-state index contributed by atoms with van der Waals surface area (Å²) >= 11 is 0. The average Bonchev–Trinajstić information content (AvgIpc) is 2.86. The van der Waals surface area contributed by atoms with Crippen LogP contribution in [-0.4, -0.2) is 29.9 Å². The molecule has 2 rings (SSSR count). The molecule has 2 atom stereocenters. The molecule has 1 fully saturated rings. The molecule has 0 heterocycles. The minimum Gasteiger partial charge on any atom is -0.342 e. The van der Waals surface area contributed by atoms with Gasteiger partial charge in [0.1, 0.15) is 0 Å². The standard InChI is InChI=1S/C16H24N2O.ClH/c1-2-18(12-11-13-7-4-3-5-8-13)16(19)14-9-6-10-15(14)17;/h3-5,7-8,14-15H,2,6,9-12,17H2,1H3;1H. The number of hydrogen-bond acceptors (Lipinski definition) is 2. The molecular weight excluding hydrogens is 272 g/mol. The van der Waals surface area contributed by atoms with Gasteiger partial charge in [-0.2, -0.15) is 0 Å². The van der Waals surface area contributed by atoms with Crippen molar-refractivity contribution in [2.75, 3.05) is 13.1 Å². The second kappa shape index (κ2) is 8.28. The maximum absolute atomic E-state index is 12.5. The number of hydrogen-bond donors (Lipinski definition) is 1. The second-order valence-electron chi connectivity index (χ2n) is 5.35. The zero-order valence-corrected chi connectivity index (χ0v) is 12.9. The number of carbonyl (C=O) groups is 1. The molecule has 1 aromatic rings. The van der Waals surface area contributed by atoms with Gasteiger partial charge in [0.2, 0.25) is 5.91 Å². The lowest BCUT2D eigenvalue weighted by atomic mass is 10.0. The van der Waals surface area contributed by atoms with Gasteiger partial charge in [-0.25, -0.2) is 0 Å². The van der Waals surface area contributed by atoms with Crippen LogP contribution < -0.4 is 5.73 Å². The van der Waals surface area contributed by atoms with Crippen molar-refractivity contribution in [2.24, 2.45) is 11.7 Å². The predicted octanol–water partition coefficient (Wildman–Crippen LogP) is 2.63. The quantitative estimate of drug-likeness (QED) is 0.908. The van der Waals surface area contributed by atoms with Crippen LogP contribution in [0, 0.1) is 5.92 Å². The number of carbonyl (C=O) groups excluding carboxylic acids is 1. The Kier molecular flexibility index (Phi) is 7.03. The normalized spacial score (nSPS) is 21.3. The molecule has 1 saturated carbocycles. The fourth-order valence-corrected chi connectivity index (χ4v) is 2.86. The van der Waals surface area contributed by atoms with E-state index >= 15 is 0 Å². The number of likely N-dealkylation sites (N-methyl/N-ethyl adjacent to an activating group) is 1. The number of rotatable bonds is 5.